The number of aromatic nitrogens is 1. The minimum absolute atomic E-state index is 0.0475. The number of aryl methyl sites for hydroxylation is 2. The molecule has 0 unspecified atom stereocenters. The SMILES string of the molecule is Cc1nc(CCC(=O)Nc2ccccc2Cl)cs1. The van der Waals surface area contributed by atoms with Crippen LogP contribution in [0.2, 0.25) is 5.02 Å². The summed E-state index contributed by atoms with van der Waals surface area (Å²) in [4.78, 5) is 16.1. The van der Waals surface area contributed by atoms with Gasteiger partial charge in [-0.2, -0.15) is 0 Å². The van der Waals surface area contributed by atoms with Crippen molar-refractivity contribution in [1.82, 2.24) is 4.98 Å². The van der Waals surface area contributed by atoms with Crippen LogP contribution < -0.4 is 5.32 Å². The van der Waals surface area contributed by atoms with E-state index in [2.05, 4.69) is 10.3 Å². The Morgan fingerprint density at radius 1 is 1.44 bits per heavy atom. The van der Waals surface area contributed by atoms with Crippen molar-refractivity contribution in [1.29, 1.82) is 0 Å². The van der Waals surface area contributed by atoms with Gasteiger partial charge in [-0.3, -0.25) is 4.79 Å². The number of amides is 1. The average molecular weight is 281 g/mol. The summed E-state index contributed by atoms with van der Waals surface area (Å²) >= 11 is 7.56. The molecule has 94 valence electrons. The molecule has 1 aromatic heterocycles. The number of hydrogen-bond donors (Lipinski definition) is 1. The number of hydrogen-bond acceptors (Lipinski definition) is 3. The number of halogens is 1. The first-order valence-electron chi connectivity index (χ1n) is 5.60. The van der Waals surface area contributed by atoms with Crippen LogP contribution in [0.15, 0.2) is 29.6 Å². The highest BCUT2D eigenvalue weighted by Crippen LogP contribution is 2.20. The zero-order valence-corrected chi connectivity index (χ0v) is 11.5. The van der Waals surface area contributed by atoms with Crippen molar-refractivity contribution in [2.24, 2.45) is 0 Å². The number of benzene rings is 1. The summed E-state index contributed by atoms with van der Waals surface area (Å²) in [7, 11) is 0. The van der Waals surface area contributed by atoms with Gasteiger partial charge in [-0.05, 0) is 25.5 Å². The Bertz CT molecular complexity index is 553. The molecule has 0 bridgehead atoms. The number of rotatable bonds is 4. The fourth-order valence-electron chi connectivity index (χ4n) is 1.54. The van der Waals surface area contributed by atoms with Crippen LogP contribution in [0.5, 0.6) is 0 Å². The van der Waals surface area contributed by atoms with Crippen LogP contribution in [0.4, 0.5) is 5.69 Å². The van der Waals surface area contributed by atoms with E-state index in [1.54, 1.807) is 23.5 Å². The minimum atomic E-state index is -0.0475. The molecule has 18 heavy (non-hydrogen) atoms. The Morgan fingerprint density at radius 2 is 2.22 bits per heavy atom. The number of carbonyl (C=O) groups excluding carboxylic acids is 1. The van der Waals surface area contributed by atoms with Gasteiger partial charge in [0.05, 0.1) is 21.4 Å². The quantitative estimate of drug-likeness (QED) is 0.928. The second kappa shape index (κ2) is 5.98. The molecule has 0 atom stereocenters. The van der Waals surface area contributed by atoms with Gasteiger partial charge in [0, 0.05) is 11.8 Å². The van der Waals surface area contributed by atoms with Gasteiger partial charge in [0.1, 0.15) is 0 Å². The minimum Gasteiger partial charge on any atom is -0.325 e. The highest BCUT2D eigenvalue weighted by Gasteiger charge is 2.06. The molecule has 0 radical (unpaired) electrons. The predicted molar refractivity (Wildman–Crippen MR) is 75.3 cm³/mol. The maximum absolute atomic E-state index is 11.8. The molecule has 0 aliphatic rings. The van der Waals surface area contributed by atoms with Crippen LogP contribution in [0, 0.1) is 6.92 Å². The Balaban J connectivity index is 1.88. The van der Waals surface area contributed by atoms with Crippen molar-refractivity contribution in [3.05, 3.63) is 45.4 Å². The van der Waals surface area contributed by atoms with E-state index in [1.165, 1.54) is 0 Å². The van der Waals surface area contributed by atoms with Crippen LogP contribution in [0.1, 0.15) is 17.1 Å². The Labute approximate surface area is 115 Å². The van der Waals surface area contributed by atoms with E-state index in [-0.39, 0.29) is 5.91 Å². The van der Waals surface area contributed by atoms with Crippen molar-refractivity contribution < 1.29 is 4.79 Å². The van der Waals surface area contributed by atoms with E-state index in [9.17, 15) is 4.79 Å². The molecule has 1 N–H and O–H groups in total. The topological polar surface area (TPSA) is 42.0 Å². The predicted octanol–water partition coefficient (Wildman–Crippen LogP) is 3.68. The summed E-state index contributed by atoms with van der Waals surface area (Å²) in [5, 5.41) is 6.35. The highest BCUT2D eigenvalue weighted by molar-refractivity contribution is 7.09. The lowest BCUT2D eigenvalue weighted by molar-refractivity contribution is -0.116. The maximum atomic E-state index is 11.8. The zero-order chi connectivity index (χ0) is 13.0. The van der Waals surface area contributed by atoms with Gasteiger partial charge >= 0.3 is 0 Å². The molecule has 0 aliphatic carbocycles. The second-order valence-electron chi connectivity index (χ2n) is 3.89. The molecule has 0 saturated heterocycles. The van der Waals surface area contributed by atoms with Crippen molar-refractivity contribution in [2.75, 3.05) is 5.32 Å². The highest BCUT2D eigenvalue weighted by atomic mass is 35.5. The molecule has 2 aromatic rings. The summed E-state index contributed by atoms with van der Waals surface area (Å²) in [5.41, 5.74) is 1.62. The fraction of sp³-hybridized carbons (Fsp3) is 0.231. The second-order valence-corrected chi connectivity index (χ2v) is 5.36. The van der Waals surface area contributed by atoms with Crippen molar-refractivity contribution in [3.8, 4) is 0 Å². The Morgan fingerprint density at radius 3 is 2.89 bits per heavy atom. The van der Waals surface area contributed by atoms with Crippen LogP contribution in [0.3, 0.4) is 0 Å². The van der Waals surface area contributed by atoms with Crippen molar-refractivity contribution in [3.63, 3.8) is 0 Å². The molecule has 1 amide bonds. The van der Waals surface area contributed by atoms with Gasteiger partial charge < -0.3 is 5.32 Å². The third-order valence-corrected chi connectivity index (χ3v) is 3.57. The first kappa shape index (κ1) is 13.1. The first-order chi connectivity index (χ1) is 8.65. The van der Waals surface area contributed by atoms with Crippen molar-refractivity contribution in [2.45, 2.75) is 19.8 Å². The number of nitrogens with zero attached hydrogens (tertiary/aromatic N) is 1. The summed E-state index contributed by atoms with van der Waals surface area (Å²) in [6.45, 7) is 1.96. The Hall–Kier alpha value is -1.39. The van der Waals surface area contributed by atoms with E-state index >= 15 is 0 Å². The summed E-state index contributed by atoms with van der Waals surface area (Å²) in [5.74, 6) is -0.0475. The standard InChI is InChI=1S/C13H13ClN2OS/c1-9-15-10(8-18-9)6-7-13(17)16-12-5-3-2-4-11(12)14/h2-5,8H,6-7H2,1H3,(H,16,17). The number of thiazole rings is 1. The van der Waals surface area contributed by atoms with Gasteiger partial charge in [0.25, 0.3) is 0 Å². The number of para-hydroxylation sites is 1. The van der Waals surface area contributed by atoms with Crippen LogP contribution in [-0.2, 0) is 11.2 Å². The molecule has 0 saturated carbocycles. The van der Waals surface area contributed by atoms with Gasteiger partial charge in [-0.1, -0.05) is 23.7 Å². The van der Waals surface area contributed by atoms with Crippen LogP contribution in [0.25, 0.3) is 0 Å². The summed E-state index contributed by atoms with van der Waals surface area (Å²) in [6.07, 6.45) is 1.06. The molecule has 2 rings (SSSR count). The summed E-state index contributed by atoms with van der Waals surface area (Å²) < 4.78 is 0. The molecule has 5 heteroatoms. The van der Waals surface area contributed by atoms with E-state index in [0.717, 1.165) is 10.7 Å². The van der Waals surface area contributed by atoms with Gasteiger partial charge in [0.2, 0.25) is 5.91 Å². The largest absolute Gasteiger partial charge is 0.325 e. The average Bonchev–Trinajstić information content (AvgIpc) is 2.76. The molecule has 1 aromatic carbocycles. The van der Waals surface area contributed by atoms with E-state index in [4.69, 9.17) is 11.6 Å². The molecular formula is C13H13ClN2OS. The molecular weight excluding hydrogens is 268 g/mol. The van der Waals surface area contributed by atoms with E-state index in [1.807, 2.05) is 24.4 Å². The summed E-state index contributed by atoms with van der Waals surface area (Å²) in [6, 6.07) is 7.20. The fourth-order valence-corrected chi connectivity index (χ4v) is 2.37. The number of anilines is 1. The normalized spacial score (nSPS) is 10.3. The number of carbonyl (C=O) groups is 1. The van der Waals surface area contributed by atoms with Gasteiger partial charge in [-0.15, -0.1) is 11.3 Å². The third kappa shape index (κ3) is 3.55. The van der Waals surface area contributed by atoms with Crippen LogP contribution >= 0.6 is 22.9 Å². The third-order valence-electron chi connectivity index (χ3n) is 2.42. The molecule has 0 spiro atoms. The van der Waals surface area contributed by atoms with Gasteiger partial charge in [0.15, 0.2) is 0 Å². The lowest BCUT2D eigenvalue weighted by Crippen LogP contribution is -2.12. The molecule has 3 nitrogen and oxygen atoms in total. The van der Waals surface area contributed by atoms with E-state index in [0.29, 0.717) is 23.6 Å². The first-order valence-corrected chi connectivity index (χ1v) is 6.86. The molecule has 0 aliphatic heterocycles. The maximum Gasteiger partial charge on any atom is 0.224 e. The van der Waals surface area contributed by atoms with Crippen LogP contribution in [-0.4, -0.2) is 10.9 Å². The van der Waals surface area contributed by atoms with E-state index < -0.39 is 0 Å². The Kier molecular flexibility index (Phi) is 4.33. The zero-order valence-electron chi connectivity index (χ0n) is 9.94. The number of nitrogens with one attached hydrogen (secondary N) is 1. The van der Waals surface area contributed by atoms with Gasteiger partial charge in [-0.25, -0.2) is 4.98 Å². The lowest BCUT2D eigenvalue weighted by atomic mass is 10.2. The molecule has 0 fully saturated rings. The monoisotopic (exact) mass is 280 g/mol. The smallest absolute Gasteiger partial charge is 0.224 e. The molecule has 1 heterocycles. The lowest BCUT2D eigenvalue weighted by Gasteiger charge is -2.05. The van der Waals surface area contributed by atoms with Crippen molar-refractivity contribution >= 4 is 34.5 Å².